The van der Waals surface area contributed by atoms with E-state index in [4.69, 9.17) is 14.4 Å². The molecule has 58 heavy (non-hydrogen) atoms. The fourth-order valence-electron chi connectivity index (χ4n) is 9.51. The number of nitrogens with zero attached hydrogens (tertiary/aromatic N) is 3. The summed E-state index contributed by atoms with van der Waals surface area (Å²) in [6.45, 7) is 0. The fourth-order valence-corrected chi connectivity index (χ4v) is 9.51. The highest BCUT2D eigenvalue weighted by molar-refractivity contribution is 6.38. The van der Waals surface area contributed by atoms with E-state index >= 15 is 0 Å². The normalized spacial score (nSPS) is 12.1. The zero-order valence-electron chi connectivity index (χ0n) is 31.1. The van der Waals surface area contributed by atoms with Crippen LogP contribution in [0.5, 0.6) is 0 Å². The monoisotopic (exact) mass is 737 g/mol. The van der Waals surface area contributed by atoms with Crippen LogP contribution < -0.4 is 0 Å². The van der Waals surface area contributed by atoms with Crippen molar-refractivity contribution in [2.24, 2.45) is 0 Å². The average Bonchev–Trinajstić information content (AvgIpc) is 3.84. The highest BCUT2D eigenvalue weighted by Crippen LogP contribution is 2.46. The van der Waals surface area contributed by atoms with Gasteiger partial charge in [0, 0.05) is 32.5 Å². The molecule has 0 spiro atoms. The van der Waals surface area contributed by atoms with Crippen LogP contribution in [0.1, 0.15) is 0 Å². The Balaban J connectivity index is 1.04. The lowest BCUT2D eigenvalue weighted by Crippen LogP contribution is -2.03. The van der Waals surface area contributed by atoms with Crippen molar-refractivity contribution in [3.05, 3.63) is 188 Å². The molecule has 0 aliphatic carbocycles. The second kappa shape index (κ2) is 11.8. The van der Waals surface area contributed by atoms with E-state index in [0.717, 1.165) is 66.3 Å². The molecule has 13 rings (SSSR count). The average molecular weight is 738 g/mol. The largest absolute Gasteiger partial charge is 0.456 e. The van der Waals surface area contributed by atoms with Gasteiger partial charge in [-0.25, -0.2) is 9.97 Å². The maximum absolute atomic E-state index is 6.31. The van der Waals surface area contributed by atoms with Crippen LogP contribution in [0, 0.1) is 0 Å². The second-order valence-electron chi connectivity index (χ2n) is 15.3. The Bertz CT molecular complexity index is 3780. The minimum atomic E-state index is 0.661. The van der Waals surface area contributed by atoms with Gasteiger partial charge in [-0.15, -0.1) is 0 Å². The lowest BCUT2D eigenvalue weighted by molar-refractivity contribution is 0.669. The molecule has 0 aliphatic heterocycles. The molecule has 3 heterocycles. The van der Waals surface area contributed by atoms with E-state index in [9.17, 15) is 0 Å². The van der Waals surface area contributed by atoms with Crippen LogP contribution in [0.15, 0.2) is 192 Å². The number of fused-ring (bicyclic) bond motifs is 9. The summed E-state index contributed by atoms with van der Waals surface area (Å²) < 4.78 is 8.58. The molecule has 0 saturated heterocycles. The molecule has 0 unspecified atom stereocenters. The molecular weight excluding hydrogens is 707 g/mol. The van der Waals surface area contributed by atoms with Gasteiger partial charge < -0.3 is 4.42 Å². The van der Waals surface area contributed by atoms with Gasteiger partial charge in [-0.05, 0) is 97.0 Å². The summed E-state index contributed by atoms with van der Waals surface area (Å²) in [6.07, 6.45) is 0. The minimum absolute atomic E-state index is 0.661. The number of hydrogen-bond acceptors (Lipinski definition) is 3. The lowest BCUT2D eigenvalue weighted by Gasteiger charge is -2.13. The van der Waals surface area contributed by atoms with Crippen molar-refractivity contribution in [3.63, 3.8) is 0 Å². The first-order chi connectivity index (χ1) is 28.7. The van der Waals surface area contributed by atoms with E-state index in [0.29, 0.717) is 5.95 Å². The first-order valence-corrected chi connectivity index (χ1v) is 19.7. The van der Waals surface area contributed by atoms with Gasteiger partial charge in [0.15, 0.2) is 0 Å². The molecule has 0 radical (unpaired) electrons. The molecular formula is C54H31N3O. The molecule has 0 bridgehead atoms. The third kappa shape index (κ3) is 4.45. The standard InChI is InChI=1S/C54H31N3O/c1-2-10-32(11-3-1)33-20-23-35(24-21-33)53-42-13-4-6-16-45(42)55-54(56-53)57-46-17-8-14-40-41-29-26-34-22-25-36(30-44(34)50(41)43-15-9-18-47(57)52(43)51(40)46)37-27-28-39-38-12-5-7-19-48(38)58-49(39)31-37/h1-31H. The van der Waals surface area contributed by atoms with E-state index in [1.54, 1.807) is 0 Å². The zero-order valence-corrected chi connectivity index (χ0v) is 31.1. The predicted molar refractivity (Wildman–Crippen MR) is 241 cm³/mol. The van der Waals surface area contributed by atoms with Crippen molar-refractivity contribution in [2.45, 2.75) is 0 Å². The Morgan fingerprint density at radius 1 is 0.345 bits per heavy atom. The van der Waals surface area contributed by atoms with Crippen molar-refractivity contribution in [1.82, 2.24) is 14.5 Å². The highest BCUT2D eigenvalue weighted by atomic mass is 16.3. The Labute approximate surface area is 332 Å². The molecule has 268 valence electrons. The molecule has 4 heteroatoms. The van der Waals surface area contributed by atoms with Gasteiger partial charge in [0.2, 0.25) is 5.95 Å². The summed E-state index contributed by atoms with van der Waals surface area (Å²) in [5.41, 5.74) is 11.5. The molecule has 4 nitrogen and oxygen atoms in total. The van der Waals surface area contributed by atoms with Gasteiger partial charge in [0.25, 0.3) is 0 Å². The number of benzene rings is 10. The Morgan fingerprint density at radius 2 is 0.931 bits per heavy atom. The van der Waals surface area contributed by atoms with Crippen molar-refractivity contribution < 1.29 is 4.42 Å². The van der Waals surface area contributed by atoms with Gasteiger partial charge in [0.1, 0.15) is 11.2 Å². The highest BCUT2D eigenvalue weighted by Gasteiger charge is 2.23. The zero-order chi connectivity index (χ0) is 37.9. The second-order valence-corrected chi connectivity index (χ2v) is 15.3. The van der Waals surface area contributed by atoms with Crippen molar-refractivity contribution >= 4 is 87.0 Å². The number of hydrogen-bond donors (Lipinski definition) is 0. The van der Waals surface area contributed by atoms with E-state index in [1.165, 1.54) is 54.2 Å². The molecule has 0 aliphatic rings. The van der Waals surface area contributed by atoms with E-state index < -0.39 is 0 Å². The Hall–Kier alpha value is -7.82. The summed E-state index contributed by atoms with van der Waals surface area (Å²) in [6, 6.07) is 67.2. The molecule has 10 aromatic carbocycles. The van der Waals surface area contributed by atoms with Crippen molar-refractivity contribution in [1.29, 1.82) is 0 Å². The molecule has 3 aromatic heterocycles. The van der Waals surface area contributed by atoms with E-state index in [2.05, 4.69) is 180 Å². The van der Waals surface area contributed by atoms with Crippen molar-refractivity contribution in [3.8, 4) is 39.5 Å². The van der Waals surface area contributed by atoms with Gasteiger partial charge in [-0.2, -0.15) is 0 Å². The van der Waals surface area contributed by atoms with Gasteiger partial charge in [0.05, 0.1) is 22.2 Å². The topological polar surface area (TPSA) is 43.9 Å². The fraction of sp³-hybridized carbons (Fsp3) is 0. The number of aromatic nitrogens is 3. The van der Waals surface area contributed by atoms with Crippen LogP contribution in [-0.4, -0.2) is 14.5 Å². The number of furan rings is 1. The Kier molecular flexibility index (Phi) is 6.41. The van der Waals surface area contributed by atoms with E-state index in [-0.39, 0.29) is 0 Å². The van der Waals surface area contributed by atoms with Gasteiger partial charge >= 0.3 is 0 Å². The molecule has 13 aromatic rings. The quantitative estimate of drug-likeness (QED) is 0.169. The van der Waals surface area contributed by atoms with Crippen LogP contribution in [0.25, 0.3) is 126 Å². The summed E-state index contributed by atoms with van der Waals surface area (Å²) in [7, 11) is 0. The molecule has 0 amide bonds. The SMILES string of the molecule is c1ccc(-c2ccc(-c3nc(-n4c5cccc6c7ccc8ccc(-c9ccc%10c(c9)oc9ccccc9%10)cc8c7c7cccc4c7c65)nc4ccccc34)cc2)cc1. The summed E-state index contributed by atoms with van der Waals surface area (Å²) in [5, 5.41) is 13.1. The maximum atomic E-state index is 6.31. The van der Waals surface area contributed by atoms with Crippen LogP contribution in [-0.2, 0) is 0 Å². The van der Waals surface area contributed by atoms with Crippen LogP contribution in [0.2, 0.25) is 0 Å². The minimum Gasteiger partial charge on any atom is -0.456 e. The molecule has 0 atom stereocenters. The van der Waals surface area contributed by atoms with Crippen molar-refractivity contribution in [2.75, 3.05) is 0 Å². The first-order valence-electron chi connectivity index (χ1n) is 19.7. The van der Waals surface area contributed by atoms with Gasteiger partial charge in [-0.1, -0.05) is 146 Å². The summed E-state index contributed by atoms with van der Waals surface area (Å²) >= 11 is 0. The number of rotatable bonds is 4. The first kappa shape index (κ1) is 31.4. The number of para-hydroxylation sites is 2. The van der Waals surface area contributed by atoms with Crippen LogP contribution in [0.4, 0.5) is 0 Å². The van der Waals surface area contributed by atoms with Crippen LogP contribution in [0.3, 0.4) is 0 Å². The molecule has 0 saturated carbocycles. The van der Waals surface area contributed by atoms with E-state index in [1.807, 2.05) is 12.1 Å². The molecule has 0 N–H and O–H groups in total. The van der Waals surface area contributed by atoms with Crippen LogP contribution >= 0.6 is 0 Å². The Morgan fingerprint density at radius 3 is 1.79 bits per heavy atom. The third-order valence-corrected chi connectivity index (χ3v) is 12.2. The maximum Gasteiger partial charge on any atom is 0.235 e. The predicted octanol–water partition coefficient (Wildman–Crippen LogP) is 14.5. The summed E-state index contributed by atoms with van der Waals surface area (Å²) in [4.78, 5) is 10.7. The smallest absolute Gasteiger partial charge is 0.235 e. The summed E-state index contributed by atoms with van der Waals surface area (Å²) in [5.74, 6) is 0.661. The van der Waals surface area contributed by atoms with Gasteiger partial charge in [-0.3, -0.25) is 4.57 Å². The molecule has 0 fully saturated rings. The third-order valence-electron chi connectivity index (χ3n) is 12.2. The lowest BCUT2D eigenvalue weighted by atomic mass is 9.90.